The van der Waals surface area contributed by atoms with Gasteiger partial charge in [-0.15, -0.1) is 0 Å². The molecule has 0 fully saturated rings. The van der Waals surface area contributed by atoms with Gasteiger partial charge in [0.1, 0.15) is 0 Å². The fourth-order valence-electron chi connectivity index (χ4n) is 2.10. The van der Waals surface area contributed by atoms with Gasteiger partial charge >= 0.3 is 0 Å². The fourth-order valence-corrected chi connectivity index (χ4v) is 2.10. The summed E-state index contributed by atoms with van der Waals surface area (Å²) in [5.74, 6) is 0. The van der Waals surface area contributed by atoms with Crippen LogP contribution in [0.15, 0.2) is 36.5 Å². The Morgan fingerprint density at radius 2 is 2.11 bits per heavy atom. The predicted octanol–water partition coefficient (Wildman–Crippen LogP) is 3.44. The summed E-state index contributed by atoms with van der Waals surface area (Å²) in [7, 11) is 1.74. The van der Waals surface area contributed by atoms with E-state index in [1.807, 2.05) is 18.3 Å². The van der Waals surface area contributed by atoms with Gasteiger partial charge in [0.15, 0.2) is 0 Å². The zero-order chi connectivity index (χ0) is 13.9. The number of nitrogens with zero attached hydrogens (tertiary/aromatic N) is 1. The molecule has 3 heteroatoms. The Bertz CT molecular complexity index is 551. The van der Waals surface area contributed by atoms with E-state index in [9.17, 15) is 0 Å². The number of hydrogen-bond donors (Lipinski definition) is 1. The van der Waals surface area contributed by atoms with Gasteiger partial charge in [-0.05, 0) is 50.5 Å². The molecule has 102 valence electrons. The van der Waals surface area contributed by atoms with Crippen molar-refractivity contribution in [2.24, 2.45) is 5.73 Å². The van der Waals surface area contributed by atoms with Gasteiger partial charge in [0.2, 0.25) is 0 Å². The van der Waals surface area contributed by atoms with Gasteiger partial charge in [-0.1, -0.05) is 12.1 Å². The lowest BCUT2D eigenvalue weighted by atomic mass is 9.95. The van der Waals surface area contributed by atoms with Crippen molar-refractivity contribution in [2.75, 3.05) is 7.11 Å². The molecule has 1 atom stereocenters. The zero-order valence-corrected chi connectivity index (χ0v) is 11.9. The maximum atomic E-state index is 6.27. The molecule has 0 radical (unpaired) electrons. The number of rotatable bonds is 5. The lowest BCUT2D eigenvalue weighted by molar-refractivity contribution is 0.0125. The molecule has 19 heavy (non-hydrogen) atoms. The quantitative estimate of drug-likeness (QED) is 0.893. The van der Waals surface area contributed by atoms with Crippen molar-refractivity contribution in [3.05, 3.63) is 42.1 Å². The zero-order valence-electron chi connectivity index (χ0n) is 11.9. The van der Waals surface area contributed by atoms with E-state index in [1.165, 1.54) is 0 Å². The Hall–Kier alpha value is -1.45. The molecule has 1 heterocycles. The Balaban J connectivity index is 2.11. The first-order valence-corrected chi connectivity index (χ1v) is 6.67. The van der Waals surface area contributed by atoms with Crippen LogP contribution in [-0.4, -0.2) is 17.7 Å². The molecule has 0 aliphatic carbocycles. The molecule has 3 nitrogen and oxygen atoms in total. The standard InChI is InChI=1S/C16H22N2O/c1-16(2,19-3)9-8-14(17)12-6-7-15-13(11-12)5-4-10-18-15/h4-7,10-11,14H,8-9,17H2,1-3H3. The lowest BCUT2D eigenvalue weighted by Crippen LogP contribution is -2.24. The third-order valence-electron chi connectivity index (χ3n) is 3.67. The Labute approximate surface area is 114 Å². The minimum atomic E-state index is -0.115. The van der Waals surface area contributed by atoms with Crippen LogP contribution in [0.4, 0.5) is 0 Å². The molecule has 1 aromatic heterocycles. The SMILES string of the molecule is COC(C)(C)CCC(N)c1ccc2ncccc2c1. The van der Waals surface area contributed by atoms with E-state index in [0.29, 0.717) is 0 Å². The van der Waals surface area contributed by atoms with Crippen molar-refractivity contribution in [1.82, 2.24) is 4.98 Å². The molecule has 2 aromatic rings. The molecule has 0 aliphatic rings. The first kappa shape index (κ1) is 14.0. The number of aromatic nitrogens is 1. The molecule has 0 bridgehead atoms. The molecule has 2 rings (SSSR count). The maximum Gasteiger partial charge on any atom is 0.0702 e. The van der Waals surface area contributed by atoms with Crippen LogP contribution < -0.4 is 5.73 Å². The van der Waals surface area contributed by atoms with Crippen LogP contribution in [-0.2, 0) is 4.74 Å². The van der Waals surface area contributed by atoms with Gasteiger partial charge in [-0.3, -0.25) is 4.98 Å². The van der Waals surface area contributed by atoms with Crippen LogP contribution in [0.2, 0.25) is 0 Å². The molecule has 2 N–H and O–H groups in total. The van der Waals surface area contributed by atoms with Gasteiger partial charge in [0.25, 0.3) is 0 Å². The topological polar surface area (TPSA) is 48.1 Å². The van der Waals surface area contributed by atoms with Crippen molar-refractivity contribution in [2.45, 2.75) is 38.3 Å². The molecule has 0 saturated carbocycles. The molecular weight excluding hydrogens is 236 g/mol. The van der Waals surface area contributed by atoms with Gasteiger partial charge < -0.3 is 10.5 Å². The van der Waals surface area contributed by atoms with Crippen molar-refractivity contribution in [3.8, 4) is 0 Å². The molecule has 0 saturated heterocycles. The summed E-state index contributed by atoms with van der Waals surface area (Å²) in [4.78, 5) is 4.32. The molecule has 1 unspecified atom stereocenters. The average molecular weight is 258 g/mol. The number of benzene rings is 1. The van der Waals surface area contributed by atoms with E-state index < -0.39 is 0 Å². The molecular formula is C16H22N2O. The van der Waals surface area contributed by atoms with Crippen LogP contribution in [0.1, 0.15) is 38.3 Å². The second kappa shape index (κ2) is 5.68. The van der Waals surface area contributed by atoms with Crippen LogP contribution in [0.5, 0.6) is 0 Å². The summed E-state index contributed by atoms with van der Waals surface area (Å²) >= 11 is 0. The third kappa shape index (κ3) is 3.52. The summed E-state index contributed by atoms with van der Waals surface area (Å²) in [6.45, 7) is 4.17. The molecule has 0 amide bonds. The second-order valence-electron chi connectivity index (χ2n) is 5.56. The monoisotopic (exact) mass is 258 g/mol. The minimum absolute atomic E-state index is 0.0408. The van der Waals surface area contributed by atoms with E-state index in [0.717, 1.165) is 29.3 Å². The Morgan fingerprint density at radius 1 is 1.32 bits per heavy atom. The van der Waals surface area contributed by atoms with Crippen LogP contribution in [0.25, 0.3) is 10.9 Å². The highest BCUT2D eigenvalue weighted by Crippen LogP contribution is 2.24. The largest absolute Gasteiger partial charge is 0.379 e. The van der Waals surface area contributed by atoms with E-state index in [4.69, 9.17) is 10.5 Å². The van der Waals surface area contributed by atoms with Crippen LogP contribution in [0.3, 0.4) is 0 Å². The summed E-state index contributed by atoms with van der Waals surface area (Å²) in [6.07, 6.45) is 3.66. The second-order valence-corrected chi connectivity index (χ2v) is 5.56. The summed E-state index contributed by atoms with van der Waals surface area (Å²) < 4.78 is 5.43. The van der Waals surface area contributed by atoms with Crippen molar-refractivity contribution < 1.29 is 4.74 Å². The van der Waals surface area contributed by atoms with Gasteiger partial charge in [0.05, 0.1) is 11.1 Å². The van der Waals surface area contributed by atoms with Gasteiger partial charge in [-0.2, -0.15) is 0 Å². The molecule has 0 aliphatic heterocycles. The molecule has 0 spiro atoms. The summed E-state index contributed by atoms with van der Waals surface area (Å²) in [6, 6.07) is 10.3. The number of nitrogens with two attached hydrogens (primary N) is 1. The van der Waals surface area contributed by atoms with Crippen LogP contribution in [0, 0.1) is 0 Å². The number of ether oxygens (including phenoxy) is 1. The van der Waals surface area contributed by atoms with Crippen molar-refractivity contribution in [3.63, 3.8) is 0 Å². The first-order chi connectivity index (χ1) is 9.02. The lowest BCUT2D eigenvalue weighted by Gasteiger charge is -2.24. The Morgan fingerprint density at radius 3 is 2.84 bits per heavy atom. The average Bonchev–Trinajstić information content (AvgIpc) is 2.44. The van der Waals surface area contributed by atoms with Gasteiger partial charge in [-0.25, -0.2) is 0 Å². The van der Waals surface area contributed by atoms with Crippen molar-refractivity contribution in [1.29, 1.82) is 0 Å². The van der Waals surface area contributed by atoms with Crippen molar-refractivity contribution >= 4 is 10.9 Å². The fraction of sp³-hybridized carbons (Fsp3) is 0.438. The maximum absolute atomic E-state index is 6.27. The number of methoxy groups -OCH3 is 1. The van der Waals surface area contributed by atoms with E-state index in [-0.39, 0.29) is 11.6 Å². The normalized spacial score (nSPS) is 13.7. The number of fused-ring (bicyclic) bond motifs is 1. The minimum Gasteiger partial charge on any atom is -0.379 e. The van der Waals surface area contributed by atoms with Crippen LogP contribution >= 0.6 is 0 Å². The highest BCUT2D eigenvalue weighted by atomic mass is 16.5. The highest BCUT2D eigenvalue weighted by Gasteiger charge is 2.18. The summed E-state index contributed by atoms with van der Waals surface area (Å²) in [5.41, 5.74) is 8.33. The van der Waals surface area contributed by atoms with E-state index in [2.05, 4.69) is 37.0 Å². The van der Waals surface area contributed by atoms with Gasteiger partial charge in [0, 0.05) is 24.7 Å². The van der Waals surface area contributed by atoms with E-state index >= 15 is 0 Å². The highest BCUT2D eigenvalue weighted by molar-refractivity contribution is 5.79. The number of hydrogen-bond acceptors (Lipinski definition) is 3. The smallest absolute Gasteiger partial charge is 0.0702 e. The number of pyridine rings is 1. The summed E-state index contributed by atoms with van der Waals surface area (Å²) in [5, 5.41) is 1.14. The van der Waals surface area contributed by atoms with E-state index in [1.54, 1.807) is 7.11 Å². The predicted molar refractivity (Wildman–Crippen MR) is 79.0 cm³/mol. The third-order valence-corrected chi connectivity index (χ3v) is 3.67. The Kier molecular flexibility index (Phi) is 4.17. The first-order valence-electron chi connectivity index (χ1n) is 6.67. The molecule has 1 aromatic carbocycles.